The highest BCUT2D eigenvalue weighted by Gasteiger charge is 2.35. The first kappa shape index (κ1) is 14.4. The van der Waals surface area contributed by atoms with Gasteiger partial charge < -0.3 is 15.2 Å². The normalized spacial score (nSPS) is 24.3. The molecule has 2 aliphatic rings. The second kappa shape index (κ2) is 6.03. The number of piperidine rings is 1. The Bertz CT molecular complexity index is 495. The molecule has 2 heterocycles. The summed E-state index contributed by atoms with van der Waals surface area (Å²) in [6, 6.07) is 8.16. The van der Waals surface area contributed by atoms with Crippen LogP contribution in [0.4, 0.5) is 5.69 Å². The molecule has 3 rings (SSSR count). The molecule has 0 radical (unpaired) electrons. The molecule has 5 nitrogen and oxygen atoms in total. The lowest BCUT2D eigenvalue weighted by Crippen LogP contribution is -2.46. The van der Waals surface area contributed by atoms with Crippen LogP contribution in [0.25, 0.3) is 0 Å². The Morgan fingerprint density at radius 2 is 2.05 bits per heavy atom. The highest BCUT2D eigenvalue weighted by molar-refractivity contribution is 5.67. The van der Waals surface area contributed by atoms with E-state index in [2.05, 4.69) is 10.4 Å². The first-order chi connectivity index (χ1) is 10.2. The van der Waals surface area contributed by atoms with Gasteiger partial charge in [-0.25, -0.2) is 0 Å². The highest BCUT2D eigenvalue weighted by Crippen LogP contribution is 2.32. The molecule has 21 heavy (non-hydrogen) atoms. The number of hydrogen-bond donors (Lipinski definition) is 2. The number of hydrazone groups is 1. The molecule has 0 aromatic heterocycles. The van der Waals surface area contributed by atoms with Gasteiger partial charge in [0, 0.05) is 12.6 Å². The summed E-state index contributed by atoms with van der Waals surface area (Å²) in [5, 5.41) is 20.5. The zero-order chi connectivity index (χ0) is 14.7. The molecule has 0 bridgehead atoms. The zero-order valence-electron chi connectivity index (χ0n) is 12.5. The maximum atomic E-state index is 10.7. The Hall–Kier alpha value is -1.59. The summed E-state index contributed by atoms with van der Waals surface area (Å²) < 4.78 is 5.19. The van der Waals surface area contributed by atoms with E-state index in [0.29, 0.717) is 0 Å². The van der Waals surface area contributed by atoms with E-state index in [-0.39, 0.29) is 6.04 Å². The van der Waals surface area contributed by atoms with E-state index in [1.165, 1.54) is 0 Å². The van der Waals surface area contributed by atoms with Gasteiger partial charge in [-0.15, -0.1) is 0 Å². The third-order valence-electron chi connectivity index (χ3n) is 4.42. The third-order valence-corrected chi connectivity index (χ3v) is 4.42. The van der Waals surface area contributed by atoms with E-state index in [1.54, 1.807) is 7.11 Å². The number of nitrogens with zero attached hydrogens (tertiary/aromatic N) is 2. The van der Waals surface area contributed by atoms with Gasteiger partial charge in [-0.1, -0.05) is 0 Å². The van der Waals surface area contributed by atoms with Crippen LogP contribution >= 0.6 is 0 Å². The van der Waals surface area contributed by atoms with Crippen LogP contribution in [-0.4, -0.2) is 43.2 Å². The first-order valence-electron chi connectivity index (χ1n) is 7.59. The standard InChI is InChI=1S/C16H23N3O2/c1-21-15-4-2-13(3-5-15)19-14(6-9-18-19)12-16(20)7-10-17-11-8-16/h2-5,9,14,17,20H,6-8,10-12H2,1H3. The molecule has 2 N–H and O–H groups in total. The minimum Gasteiger partial charge on any atom is -0.497 e. The van der Waals surface area contributed by atoms with Crippen LogP contribution in [0.1, 0.15) is 25.7 Å². The van der Waals surface area contributed by atoms with Crippen molar-refractivity contribution in [1.82, 2.24) is 5.32 Å². The lowest BCUT2D eigenvalue weighted by atomic mass is 9.85. The molecule has 1 aromatic carbocycles. The quantitative estimate of drug-likeness (QED) is 0.887. The summed E-state index contributed by atoms with van der Waals surface area (Å²) in [4.78, 5) is 0. The summed E-state index contributed by atoms with van der Waals surface area (Å²) in [7, 11) is 1.67. The summed E-state index contributed by atoms with van der Waals surface area (Å²) in [6.07, 6.45) is 5.24. The minimum atomic E-state index is -0.561. The number of aliphatic hydroxyl groups is 1. The minimum absolute atomic E-state index is 0.237. The van der Waals surface area contributed by atoms with Gasteiger partial charge in [-0.2, -0.15) is 5.10 Å². The first-order valence-corrected chi connectivity index (χ1v) is 7.59. The molecule has 0 amide bonds. The lowest BCUT2D eigenvalue weighted by Gasteiger charge is -2.36. The zero-order valence-corrected chi connectivity index (χ0v) is 12.5. The van der Waals surface area contributed by atoms with E-state index in [0.717, 1.165) is 50.2 Å². The van der Waals surface area contributed by atoms with Crippen LogP contribution < -0.4 is 15.1 Å². The molecule has 1 fully saturated rings. The maximum absolute atomic E-state index is 10.7. The molecule has 1 aromatic rings. The molecule has 0 saturated carbocycles. The summed E-state index contributed by atoms with van der Waals surface area (Å²) in [5.41, 5.74) is 0.487. The number of rotatable bonds is 4. The highest BCUT2D eigenvalue weighted by atomic mass is 16.5. The fourth-order valence-corrected chi connectivity index (χ4v) is 3.17. The van der Waals surface area contributed by atoms with Crippen molar-refractivity contribution < 1.29 is 9.84 Å². The van der Waals surface area contributed by atoms with E-state index >= 15 is 0 Å². The summed E-state index contributed by atoms with van der Waals surface area (Å²) >= 11 is 0. The molecule has 2 aliphatic heterocycles. The van der Waals surface area contributed by atoms with Gasteiger partial charge >= 0.3 is 0 Å². The Labute approximate surface area is 125 Å². The summed E-state index contributed by atoms with van der Waals surface area (Å²) in [6.45, 7) is 1.79. The second-order valence-corrected chi connectivity index (χ2v) is 5.91. The van der Waals surface area contributed by atoms with Crippen LogP contribution in [0.2, 0.25) is 0 Å². The molecule has 1 unspecified atom stereocenters. The molecular formula is C16H23N3O2. The van der Waals surface area contributed by atoms with Gasteiger partial charge in [0.1, 0.15) is 5.75 Å². The monoisotopic (exact) mass is 289 g/mol. The number of hydrogen-bond acceptors (Lipinski definition) is 5. The molecule has 5 heteroatoms. The fraction of sp³-hybridized carbons (Fsp3) is 0.562. The van der Waals surface area contributed by atoms with Crippen molar-refractivity contribution in [2.75, 3.05) is 25.2 Å². The number of benzene rings is 1. The SMILES string of the molecule is COc1ccc(N2N=CCC2CC2(O)CCNCC2)cc1. The molecule has 1 atom stereocenters. The molecular weight excluding hydrogens is 266 g/mol. The van der Waals surface area contributed by atoms with E-state index in [9.17, 15) is 5.11 Å². The van der Waals surface area contributed by atoms with Gasteiger partial charge in [0.05, 0.1) is 24.4 Å². The van der Waals surface area contributed by atoms with Crippen molar-refractivity contribution in [2.45, 2.75) is 37.3 Å². The third kappa shape index (κ3) is 3.19. The average Bonchev–Trinajstić information content (AvgIpc) is 2.95. The lowest BCUT2D eigenvalue weighted by molar-refractivity contribution is -0.00268. The number of anilines is 1. The predicted octanol–water partition coefficient (Wildman–Crippen LogP) is 1.76. The van der Waals surface area contributed by atoms with E-state index < -0.39 is 5.60 Å². The molecule has 0 spiro atoms. The Morgan fingerprint density at radius 3 is 2.71 bits per heavy atom. The fourth-order valence-electron chi connectivity index (χ4n) is 3.17. The van der Waals surface area contributed by atoms with Crippen LogP contribution in [0.5, 0.6) is 5.75 Å². The Balaban J connectivity index is 1.70. The summed E-state index contributed by atoms with van der Waals surface area (Å²) in [5.74, 6) is 0.843. The largest absolute Gasteiger partial charge is 0.497 e. The van der Waals surface area contributed by atoms with Crippen LogP contribution in [0, 0.1) is 0 Å². The molecule has 114 valence electrons. The molecule has 1 saturated heterocycles. The van der Waals surface area contributed by atoms with Crippen molar-refractivity contribution in [3.8, 4) is 5.75 Å². The number of ether oxygens (including phenoxy) is 1. The Kier molecular flexibility index (Phi) is 4.12. The van der Waals surface area contributed by atoms with Crippen molar-refractivity contribution in [2.24, 2.45) is 5.10 Å². The van der Waals surface area contributed by atoms with Crippen molar-refractivity contribution in [3.63, 3.8) is 0 Å². The average molecular weight is 289 g/mol. The van der Waals surface area contributed by atoms with Crippen LogP contribution in [-0.2, 0) is 0 Å². The van der Waals surface area contributed by atoms with Gasteiger partial charge in [-0.3, -0.25) is 5.01 Å². The van der Waals surface area contributed by atoms with E-state index in [4.69, 9.17) is 4.74 Å². The van der Waals surface area contributed by atoms with Crippen molar-refractivity contribution in [1.29, 1.82) is 0 Å². The van der Waals surface area contributed by atoms with Gasteiger partial charge in [-0.05, 0) is 56.6 Å². The molecule has 0 aliphatic carbocycles. The van der Waals surface area contributed by atoms with Gasteiger partial charge in [0.15, 0.2) is 0 Å². The van der Waals surface area contributed by atoms with Gasteiger partial charge in [0.2, 0.25) is 0 Å². The number of methoxy groups -OCH3 is 1. The van der Waals surface area contributed by atoms with Crippen molar-refractivity contribution >= 4 is 11.9 Å². The Morgan fingerprint density at radius 1 is 1.33 bits per heavy atom. The van der Waals surface area contributed by atoms with Crippen molar-refractivity contribution in [3.05, 3.63) is 24.3 Å². The number of nitrogens with one attached hydrogen (secondary N) is 1. The van der Waals surface area contributed by atoms with Crippen LogP contribution in [0.3, 0.4) is 0 Å². The maximum Gasteiger partial charge on any atom is 0.119 e. The smallest absolute Gasteiger partial charge is 0.119 e. The topological polar surface area (TPSA) is 57.1 Å². The second-order valence-electron chi connectivity index (χ2n) is 5.91. The predicted molar refractivity (Wildman–Crippen MR) is 84.0 cm³/mol. The van der Waals surface area contributed by atoms with Crippen LogP contribution in [0.15, 0.2) is 29.4 Å². The van der Waals surface area contributed by atoms with E-state index in [1.807, 2.05) is 35.5 Å². The van der Waals surface area contributed by atoms with Gasteiger partial charge in [0.25, 0.3) is 0 Å².